The molecule has 0 radical (unpaired) electrons. The molecule has 44 heavy (non-hydrogen) atoms. The van der Waals surface area contributed by atoms with E-state index in [1.165, 1.54) is 11.0 Å². The number of nitrogens with zero attached hydrogens (tertiary/aromatic N) is 4. The van der Waals surface area contributed by atoms with Crippen LogP contribution in [-0.2, 0) is 17.8 Å². The van der Waals surface area contributed by atoms with E-state index in [2.05, 4.69) is 17.5 Å². The van der Waals surface area contributed by atoms with Gasteiger partial charge in [-0.3, -0.25) is 23.5 Å². The van der Waals surface area contributed by atoms with Gasteiger partial charge in [0, 0.05) is 6.42 Å². The van der Waals surface area contributed by atoms with Gasteiger partial charge in [-0.05, 0) is 47.3 Å². The number of carbonyl (C=O) groups is 1. The van der Waals surface area contributed by atoms with Crippen molar-refractivity contribution in [3.05, 3.63) is 103 Å². The third kappa shape index (κ3) is 6.15. The van der Waals surface area contributed by atoms with Crippen molar-refractivity contribution in [3.63, 3.8) is 0 Å². The summed E-state index contributed by atoms with van der Waals surface area (Å²) in [4.78, 5) is 45.4. The Bertz CT molecular complexity index is 1850. The highest BCUT2D eigenvalue weighted by atomic mass is 35.5. The minimum absolute atomic E-state index is 0.0132. The Morgan fingerprint density at radius 1 is 1.16 bits per heavy atom. The van der Waals surface area contributed by atoms with Gasteiger partial charge in [0.05, 0.1) is 41.6 Å². The number of para-hydroxylation sites is 1. The van der Waals surface area contributed by atoms with Gasteiger partial charge in [0.2, 0.25) is 5.91 Å². The molecule has 1 fully saturated rings. The molecule has 2 aromatic heterocycles. The lowest BCUT2D eigenvalue weighted by Crippen LogP contribution is -2.63. The quantitative estimate of drug-likeness (QED) is 0.125. The first-order chi connectivity index (χ1) is 20.7. The van der Waals surface area contributed by atoms with E-state index in [4.69, 9.17) is 18.0 Å². The lowest BCUT2D eigenvalue weighted by molar-refractivity contribution is -0.141. The van der Waals surface area contributed by atoms with Crippen LogP contribution < -0.4 is 11.1 Å². The number of halogens is 4. The Morgan fingerprint density at radius 2 is 1.77 bits per heavy atom. The van der Waals surface area contributed by atoms with Crippen molar-refractivity contribution in [2.75, 3.05) is 13.1 Å². The number of terminal acetylenes is 1. The first kappa shape index (κ1) is 32.6. The second kappa shape index (κ2) is 12.7. The van der Waals surface area contributed by atoms with E-state index >= 15 is 4.39 Å². The molecule has 3 heterocycles. The van der Waals surface area contributed by atoms with Gasteiger partial charge in [-0.1, -0.05) is 70.0 Å². The molecular weight excluding hydrogens is 593 g/mol. The number of hydrogen-bond acceptors (Lipinski definition) is 4. The van der Waals surface area contributed by atoms with Crippen molar-refractivity contribution in [1.29, 1.82) is 0 Å². The van der Waals surface area contributed by atoms with Crippen LogP contribution in [0.25, 0.3) is 16.9 Å². The highest BCUT2D eigenvalue weighted by molar-refractivity contribution is 6.31. The Hall–Kier alpha value is -4.36. The van der Waals surface area contributed by atoms with E-state index in [1.54, 1.807) is 0 Å². The molecule has 7 nitrogen and oxygen atoms in total. The van der Waals surface area contributed by atoms with Crippen LogP contribution in [0.1, 0.15) is 56.4 Å². The summed E-state index contributed by atoms with van der Waals surface area (Å²) in [6.07, 6.45) is 7.24. The van der Waals surface area contributed by atoms with Crippen LogP contribution in [0, 0.1) is 12.3 Å². The normalized spacial score (nSPS) is 15.1. The van der Waals surface area contributed by atoms with E-state index in [0.29, 0.717) is 5.69 Å². The van der Waals surface area contributed by atoms with Crippen LogP contribution >= 0.6 is 11.6 Å². The molecule has 3 aromatic rings. The number of amides is 1. The van der Waals surface area contributed by atoms with Crippen molar-refractivity contribution >= 4 is 28.7 Å². The van der Waals surface area contributed by atoms with E-state index < -0.39 is 47.3 Å². The van der Waals surface area contributed by atoms with E-state index in [-0.39, 0.29) is 46.8 Å². The highest BCUT2D eigenvalue weighted by Crippen LogP contribution is 2.34. The molecule has 0 unspecified atom stereocenters. The summed E-state index contributed by atoms with van der Waals surface area (Å²) >= 11 is 6.50. The van der Waals surface area contributed by atoms with Gasteiger partial charge in [0.25, 0.3) is 0 Å². The number of rotatable bonds is 9. The van der Waals surface area contributed by atoms with Crippen molar-refractivity contribution in [3.8, 4) is 18.0 Å². The van der Waals surface area contributed by atoms with Gasteiger partial charge in [0.1, 0.15) is 5.83 Å². The van der Waals surface area contributed by atoms with Gasteiger partial charge in [-0.2, -0.15) is 0 Å². The Balaban J connectivity index is 2.05. The largest absolute Gasteiger partial charge is 0.332 e. The smallest absolute Gasteiger partial charge is 0.322 e. The standard InChI is InChI=1S/C33H32ClF3N4O3/c1-7-9-13-24(35)25(36)15-26-23(34)14-27-30(38-26)41(29-21(19(3)4)11-10-12-22(29)20(5)6)32(44)31(43)40(27)18-33(37)16-39(17-33)28(42)8-2/h1,8-14,19-20H,2,15-18H2,3-6H3/b13-9-,25-24-. The minimum Gasteiger partial charge on any atom is -0.332 e. The number of likely N-dealkylation sites (tertiary alicyclic amines) is 1. The maximum absolute atomic E-state index is 15.8. The molecule has 0 atom stereocenters. The van der Waals surface area contributed by atoms with E-state index in [0.717, 1.165) is 38.5 Å². The third-order valence-corrected chi connectivity index (χ3v) is 7.82. The molecular formula is C33H32ClF3N4O3. The minimum atomic E-state index is -2.03. The maximum Gasteiger partial charge on any atom is 0.322 e. The second-order valence-corrected chi connectivity index (χ2v) is 11.8. The van der Waals surface area contributed by atoms with Crippen LogP contribution in [0.15, 0.2) is 70.3 Å². The number of fused-ring (bicyclic) bond motifs is 1. The first-order valence-corrected chi connectivity index (χ1v) is 14.4. The Labute approximate surface area is 258 Å². The SMILES string of the molecule is C#C/C=C\C(F)=C(\F)Cc1nc2c(cc1Cl)n(CC1(F)CN(C(=O)C=C)C1)c(=O)c(=O)n2-c1c(C(C)C)cccc1C(C)C. The molecule has 11 heteroatoms. The average molecular weight is 625 g/mol. The van der Waals surface area contributed by atoms with Crippen molar-refractivity contribution in [2.24, 2.45) is 0 Å². The molecule has 230 valence electrons. The molecule has 1 saturated heterocycles. The summed E-state index contributed by atoms with van der Waals surface area (Å²) in [5, 5.41) is -0.133. The lowest BCUT2D eigenvalue weighted by Gasteiger charge is -2.44. The Kier molecular flexibility index (Phi) is 9.40. The number of alkyl halides is 1. The topological polar surface area (TPSA) is 77.2 Å². The summed E-state index contributed by atoms with van der Waals surface area (Å²) in [7, 11) is 0. The average Bonchev–Trinajstić information content (AvgIpc) is 2.97. The van der Waals surface area contributed by atoms with Crippen LogP contribution in [-0.4, -0.2) is 43.7 Å². The molecule has 0 aliphatic carbocycles. The number of allylic oxidation sites excluding steroid dienone is 4. The first-order valence-electron chi connectivity index (χ1n) is 14.0. The summed E-state index contributed by atoms with van der Waals surface area (Å²) in [5.74, 6) is -0.998. The summed E-state index contributed by atoms with van der Waals surface area (Å²) in [6, 6.07) is 6.81. The van der Waals surface area contributed by atoms with Crippen molar-refractivity contribution < 1.29 is 18.0 Å². The van der Waals surface area contributed by atoms with Gasteiger partial charge in [-0.25, -0.2) is 18.2 Å². The zero-order valence-corrected chi connectivity index (χ0v) is 25.6. The summed E-state index contributed by atoms with van der Waals surface area (Å²) in [6.45, 7) is 9.92. The fraction of sp³-hybridized carbons (Fsp3) is 0.333. The fourth-order valence-electron chi connectivity index (χ4n) is 5.29. The molecule has 4 rings (SSSR count). The summed E-state index contributed by atoms with van der Waals surface area (Å²) < 4.78 is 47.1. The number of aromatic nitrogens is 3. The van der Waals surface area contributed by atoms with Crippen molar-refractivity contribution in [1.82, 2.24) is 19.0 Å². The van der Waals surface area contributed by atoms with Crippen LogP contribution in [0.2, 0.25) is 5.02 Å². The zero-order chi connectivity index (χ0) is 32.5. The van der Waals surface area contributed by atoms with Gasteiger partial charge >= 0.3 is 11.1 Å². The number of carbonyl (C=O) groups excluding carboxylic acids is 1. The van der Waals surface area contributed by atoms with Gasteiger partial charge in [0.15, 0.2) is 17.1 Å². The number of hydrogen-bond donors (Lipinski definition) is 0. The molecule has 1 aromatic carbocycles. The molecule has 1 aliphatic heterocycles. The fourth-order valence-corrected chi connectivity index (χ4v) is 5.51. The molecule has 0 N–H and O–H groups in total. The molecule has 0 bridgehead atoms. The summed E-state index contributed by atoms with van der Waals surface area (Å²) in [5.41, 5.74) is -2.34. The predicted octanol–water partition coefficient (Wildman–Crippen LogP) is 6.07. The van der Waals surface area contributed by atoms with E-state index in [1.807, 2.05) is 45.9 Å². The maximum atomic E-state index is 15.8. The van der Waals surface area contributed by atoms with Crippen LogP contribution in [0.3, 0.4) is 0 Å². The second-order valence-electron chi connectivity index (χ2n) is 11.4. The number of pyridine rings is 1. The zero-order valence-electron chi connectivity index (χ0n) is 24.8. The van der Waals surface area contributed by atoms with Gasteiger partial charge < -0.3 is 4.90 Å². The molecule has 1 amide bonds. The molecule has 0 saturated carbocycles. The van der Waals surface area contributed by atoms with E-state index in [9.17, 15) is 23.2 Å². The van der Waals surface area contributed by atoms with Crippen LogP contribution in [0.4, 0.5) is 13.2 Å². The monoisotopic (exact) mass is 624 g/mol. The predicted molar refractivity (Wildman–Crippen MR) is 166 cm³/mol. The molecule has 0 spiro atoms. The third-order valence-electron chi connectivity index (χ3n) is 7.49. The van der Waals surface area contributed by atoms with Crippen LogP contribution in [0.5, 0.6) is 0 Å². The van der Waals surface area contributed by atoms with Crippen molar-refractivity contribution in [2.45, 2.75) is 58.2 Å². The molecule has 1 aliphatic rings. The van der Waals surface area contributed by atoms with Gasteiger partial charge in [-0.15, -0.1) is 6.42 Å². The lowest BCUT2D eigenvalue weighted by atomic mass is 9.92. The number of benzene rings is 1. The Morgan fingerprint density at radius 3 is 2.32 bits per heavy atom. The highest BCUT2D eigenvalue weighted by Gasteiger charge is 2.46.